The van der Waals surface area contributed by atoms with E-state index in [0.29, 0.717) is 33.7 Å². The highest BCUT2D eigenvalue weighted by Crippen LogP contribution is 2.29. The Morgan fingerprint density at radius 3 is 2.33 bits per heavy atom. The minimum atomic E-state index is -1.87. The number of rotatable bonds is 5. The van der Waals surface area contributed by atoms with Crippen LogP contribution in [0.15, 0.2) is 42.5 Å². The fourth-order valence-electron chi connectivity index (χ4n) is 1.69. The predicted octanol–water partition coefficient (Wildman–Crippen LogP) is 2.59. The normalized spacial score (nSPS) is 9.81. The fraction of sp³-hybridized carbons (Fsp3) is 0.0714. The number of ether oxygens (including phenoxy) is 1. The Hall–Kier alpha value is -2.01. The Labute approximate surface area is 130 Å². The topological polar surface area (TPSA) is 82.7 Å². The molecule has 0 bridgehead atoms. The lowest BCUT2D eigenvalue weighted by Gasteiger charge is -2.12. The molecule has 106 valence electrons. The summed E-state index contributed by atoms with van der Waals surface area (Å²) in [5.41, 5.74) is 1.28. The van der Waals surface area contributed by atoms with Gasteiger partial charge in [0.15, 0.2) is 0 Å². The third-order valence-electron chi connectivity index (χ3n) is 2.63. The van der Waals surface area contributed by atoms with Crippen LogP contribution >= 0.6 is 15.9 Å². The van der Waals surface area contributed by atoms with Crippen LogP contribution < -0.4 is 9.39 Å². The molecule has 2 aromatic carbocycles. The first kappa shape index (κ1) is 15.4. The van der Waals surface area contributed by atoms with Crippen molar-refractivity contribution >= 4 is 23.3 Å². The minimum absolute atomic E-state index is 0.356. The number of halogens is 1. The van der Waals surface area contributed by atoms with Crippen LogP contribution in [0.2, 0.25) is 0 Å². The fourth-order valence-corrected chi connectivity index (χ4v) is 2.12. The van der Waals surface area contributed by atoms with Crippen LogP contribution in [0, 0.1) is 11.3 Å². The van der Waals surface area contributed by atoms with E-state index in [9.17, 15) is 0 Å². The van der Waals surface area contributed by atoms with E-state index in [0.717, 1.165) is 0 Å². The number of hydrogen-bond acceptors (Lipinski definition) is 5. The van der Waals surface area contributed by atoms with Crippen LogP contribution in [0.3, 0.4) is 0 Å². The van der Waals surface area contributed by atoms with Crippen molar-refractivity contribution in [3.8, 4) is 23.3 Å². The van der Waals surface area contributed by atoms with Gasteiger partial charge in [-0.3, -0.25) is 0 Å². The van der Waals surface area contributed by atoms with Crippen LogP contribution in [-0.4, -0.2) is 17.4 Å². The molecule has 0 saturated heterocycles. The summed E-state index contributed by atoms with van der Waals surface area (Å²) in [6.45, 7) is 0. The Morgan fingerprint density at radius 2 is 1.76 bits per heavy atom. The van der Waals surface area contributed by atoms with Gasteiger partial charge in [-0.25, -0.2) is 0 Å². The maximum absolute atomic E-state index is 8.84. The van der Waals surface area contributed by atoms with Gasteiger partial charge in [-0.15, -0.1) is 0 Å². The van der Waals surface area contributed by atoms with Gasteiger partial charge in [-0.1, -0.05) is 15.9 Å². The van der Waals surface area contributed by atoms with Crippen molar-refractivity contribution in [3.63, 3.8) is 0 Å². The number of nitriles is 1. The molecule has 0 aromatic heterocycles. The van der Waals surface area contributed by atoms with Crippen LogP contribution in [-0.2, 0) is 5.33 Å². The average molecular weight is 348 g/mol. The molecular weight excluding hydrogens is 337 g/mol. The van der Waals surface area contributed by atoms with Crippen LogP contribution in [0.1, 0.15) is 11.1 Å². The maximum atomic E-state index is 8.84. The Morgan fingerprint density at radius 1 is 1.10 bits per heavy atom. The molecule has 0 fully saturated rings. The molecule has 0 atom stereocenters. The first-order valence-electron chi connectivity index (χ1n) is 6.02. The molecule has 0 amide bonds. The van der Waals surface area contributed by atoms with Gasteiger partial charge in [0.05, 0.1) is 11.6 Å². The SMILES string of the molecule is N#Cc1ccc(Oc2ccc(OB(O)O)c(CBr)c2)cc1. The van der Waals surface area contributed by atoms with E-state index in [1.807, 2.05) is 6.07 Å². The number of alkyl halides is 1. The van der Waals surface area contributed by atoms with Crippen LogP contribution in [0.25, 0.3) is 0 Å². The molecule has 0 spiro atoms. The molecule has 0 unspecified atom stereocenters. The molecule has 0 aliphatic carbocycles. The standard InChI is InChI=1S/C14H11BBrNO4/c16-8-11-7-13(5-6-14(11)21-15(18)19)20-12-3-1-10(9-17)2-4-12/h1-7,18-19H,8H2. The summed E-state index contributed by atoms with van der Waals surface area (Å²) in [4.78, 5) is 0. The van der Waals surface area contributed by atoms with Gasteiger partial charge < -0.3 is 19.4 Å². The average Bonchev–Trinajstić information content (AvgIpc) is 2.49. The predicted molar refractivity (Wildman–Crippen MR) is 81.1 cm³/mol. The lowest BCUT2D eigenvalue weighted by atomic mass is 10.2. The first-order valence-corrected chi connectivity index (χ1v) is 7.14. The molecule has 0 aliphatic heterocycles. The van der Waals surface area contributed by atoms with Gasteiger partial charge in [0.25, 0.3) is 0 Å². The molecule has 21 heavy (non-hydrogen) atoms. The first-order chi connectivity index (χ1) is 10.1. The summed E-state index contributed by atoms with van der Waals surface area (Å²) < 4.78 is 10.5. The number of nitrogens with zero attached hydrogens (tertiary/aromatic N) is 1. The molecule has 2 N–H and O–H groups in total. The van der Waals surface area contributed by atoms with E-state index in [2.05, 4.69) is 15.9 Å². The second-order valence-corrected chi connectivity index (χ2v) is 4.65. The molecule has 0 radical (unpaired) electrons. The van der Waals surface area contributed by atoms with Gasteiger partial charge in [-0.05, 0) is 42.5 Å². The largest absolute Gasteiger partial charge is 0.707 e. The Balaban J connectivity index is 2.18. The zero-order valence-electron chi connectivity index (χ0n) is 10.9. The van der Waals surface area contributed by atoms with Crippen molar-refractivity contribution in [2.45, 2.75) is 5.33 Å². The summed E-state index contributed by atoms with van der Waals surface area (Å²) >= 11 is 3.30. The molecule has 0 saturated carbocycles. The maximum Gasteiger partial charge on any atom is 0.707 e. The van der Waals surface area contributed by atoms with E-state index in [4.69, 9.17) is 24.7 Å². The van der Waals surface area contributed by atoms with Crippen molar-refractivity contribution in [3.05, 3.63) is 53.6 Å². The summed E-state index contributed by atoms with van der Waals surface area (Å²) in [6, 6.07) is 13.7. The van der Waals surface area contributed by atoms with Crippen molar-refractivity contribution in [2.75, 3.05) is 0 Å². The highest BCUT2D eigenvalue weighted by Gasteiger charge is 2.14. The van der Waals surface area contributed by atoms with Gasteiger partial charge >= 0.3 is 7.32 Å². The van der Waals surface area contributed by atoms with Crippen molar-refractivity contribution in [1.82, 2.24) is 0 Å². The summed E-state index contributed by atoms with van der Waals surface area (Å²) in [5, 5.41) is 26.9. The molecule has 0 aliphatic rings. The number of benzene rings is 2. The van der Waals surface area contributed by atoms with Gasteiger partial charge in [0.2, 0.25) is 0 Å². The second-order valence-electron chi connectivity index (χ2n) is 4.09. The highest BCUT2D eigenvalue weighted by molar-refractivity contribution is 9.08. The van der Waals surface area contributed by atoms with Gasteiger partial charge in [0, 0.05) is 10.9 Å². The zero-order chi connectivity index (χ0) is 15.2. The quantitative estimate of drug-likeness (QED) is 0.641. The summed E-state index contributed by atoms with van der Waals surface area (Å²) in [5.74, 6) is 1.54. The van der Waals surface area contributed by atoms with E-state index in [1.54, 1.807) is 42.5 Å². The summed E-state index contributed by atoms with van der Waals surface area (Å²) in [7, 11) is -1.87. The third kappa shape index (κ3) is 4.23. The molecule has 0 heterocycles. The summed E-state index contributed by atoms with van der Waals surface area (Å²) in [6.07, 6.45) is 0. The van der Waals surface area contributed by atoms with Crippen LogP contribution in [0.5, 0.6) is 17.2 Å². The number of hydrogen-bond donors (Lipinski definition) is 2. The minimum Gasteiger partial charge on any atom is -0.512 e. The Kier molecular flexibility index (Phi) is 5.23. The Bertz CT molecular complexity index is 655. The van der Waals surface area contributed by atoms with Gasteiger partial charge in [0.1, 0.15) is 17.2 Å². The molecule has 2 aromatic rings. The van der Waals surface area contributed by atoms with Crippen LogP contribution in [0.4, 0.5) is 0 Å². The van der Waals surface area contributed by atoms with E-state index < -0.39 is 7.32 Å². The van der Waals surface area contributed by atoms with Crippen molar-refractivity contribution < 1.29 is 19.4 Å². The van der Waals surface area contributed by atoms with Crippen molar-refractivity contribution in [1.29, 1.82) is 5.26 Å². The van der Waals surface area contributed by atoms with E-state index in [1.165, 1.54) is 0 Å². The zero-order valence-corrected chi connectivity index (χ0v) is 12.4. The van der Waals surface area contributed by atoms with E-state index in [-0.39, 0.29) is 0 Å². The van der Waals surface area contributed by atoms with E-state index >= 15 is 0 Å². The molecule has 5 nitrogen and oxygen atoms in total. The monoisotopic (exact) mass is 347 g/mol. The molecular formula is C14H11BBrNO4. The highest BCUT2D eigenvalue weighted by atomic mass is 79.9. The smallest absolute Gasteiger partial charge is 0.512 e. The lowest BCUT2D eigenvalue weighted by Crippen LogP contribution is -2.21. The molecule has 2 rings (SSSR count). The van der Waals surface area contributed by atoms with Crippen molar-refractivity contribution in [2.24, 2.45) is 0 Å². The molecule has 7 heteroatoms. The lowest BCUT2D eigenvalue weighted by molar-refractivity contribution is 0.287. The second kappa shape index (κ2) is 7.13. The van der Waals surface area contributed by atoms with Gasteiger partial charge in [-0.2, -0.15) is 5.26 Å². The third-order valence-corrected chi connectivity index (χ3v) is 3.23.